The first-order valence-electron chi connectivity index (χ1n) is 14.2. The molecule has 2 N–H and O–H groups in total. The van der Waals surface area contributed by atoms with Crippen molar-refractivity contribution in [2.24, 2.45) is 5.92 Å². The maximum Gasteiger partial charge on any atom is 0.327 e. The van der Waals surface area contributed by atoms with Crippen LogP contribution in [0.1, 0.15) is 35.8 Å². The summed E-state index contributed by atoms with van der Waals surface area (Å²) < 4.78 is 0. The molecule has 1 amide bonds. The van der Waals surface area contributed by atoms with E-state index in [-0.39, 0.29) is 11.4 Å². The minimum atomic E-state index is -1.07. The highest BCUT2D eigenvalue weighted by Gasteiger charge is 2.27. The summed E-state index contributed by atoms with van der Waals surface area (Å²) in [6.45, 7) is 6.86. The molecule has 0 saturated carbocycles. The predicted molar refractivity (Wildman–Crippen MR) is 163 cm³/mol. The minimum Gasteiger partial charge on any atom is -0.480 e. The normalized spacial score (nSPS) is 16.9. The van der Waals surface area contributed by atoms with Gasteiger partial charge in [0.1, 0.15) is 23.4 Å². The number of carbonyl (C=O) groups is 2. The number of carbonyl (C=O) groups excluding carboxylic acids is 1. The molecule has 2 aliphatic rings. The number of piperazine rings is 1. The molecule has 0 radical (unpaired) electrons. The molecule has 0 spiro atoms. The molecule has 1 atom stereocenters. The maximum absolute atomic E-state index is 13.4. The number of aromatic nitrogens is 3. The van der Waals surface area contributed by atoms with E-state index in [0.29, 0.717) is 36.5 Å². The summed E-state index contributed by atoms with van der Waals surface area (Å²) in [6, 6.07) is 16.4. The SMILES string of the molecule is CC1CCN(c2cc(C(=O)N[C@@H](CSCc3ccccc3)C(=O)O)nc(N3CCN(c4ccccn4)CC3)n2)CC1. The van der Waals surface area contributed by atoms with Crippen molar-refractivity contribution in [3.05, 3.63) is 72.1 Å². The Labute approximate surface area is 245 Å². The van der Waals surface area contributed by atoms with E-state index < -0.39 is 17.9 Å². The number of nitrogens with zero attached hydrogens (tertiary/aromatic N) is 6. The van der Waals surface area contributed by atoms with Crippen LogP contribution in [-0.4, -0.2) is 83.0 Å². The van der Waals surface area contributed by atoms with Crippen LogP contribution < -0.4 is 20.0 Å². The van der Waals surface area contributed by atoms with Crippen molar-refractivity contribution in [3.63, 3.8) is 0 Å². The Kier molecular flexibility index (Phi) is 9.55. The lowest BCUT2D eigenvalue weighted by molar-refractivity contribution is -0.138. The minimum absolute atomic E-state index is 0.190. The summed E-state index contributed by atoms with van der Waals surface area (Å²) in [4.78, 5) is 46.0. The van der Waals surface area contributed by atoms with E-state index in [2.05, 4.69) is 36.9 Å². The van der Waals surface area contributed by atoms with Gasteiger partial charge in [-0.2, -0.15) is 16.7 Å². The quantitative estimate of drug-likeness (QED) is 0.372. The van der Waals surface area contributed by atoms with Crippen LogP contribution in [0, 0.1) is 5.92 Å². The Morgan fingerprint density at radius 1 is 0.927 bits per heavy atom. The second kappa shape index (κ2) is 13.7. The fourth-order valence-electron chi connectivity index (χ4n) is 5.03. The number of anilines is 3. The van der Waals surface area contributed by atoms with Crippen molar-refractivity contribution in [2.75, 3.05) is 59.7 Å². The van der Waals surface area contributed by atoms with Gasteiger partial charge >= 0.3 is 5.97 Å². The molecule has 41 heavy (non-hydrogen) atoms. The third-order valence-corrected chi connectivity index (χ3v) is 8.68. The molecule has 0 bridgehead atoms. The summed E-state index contributed by atoms with van der Waals surface area (Å²) in [5.74, 6) is 2.15. The second-order valence-corrected chi connectivity index (χ2v) is 11.6. The number of thioether (sulfide) groups is 1. The summed E-state index contributed by atoms with van der Waals surface area (Å²) in [5, 5.41) is 12.6. The Balaban J connectivity index is 1.30. The first kappa shape index (κ1) is 28.7. The van der Waals surface area contributed by atoms with E-state index in [1.54, 1.807) is 12.3 Å². The van der Waals surface area contributed by atoms with Gasteiger partial charge in [0, 0.05) is 63.0 Å². The zero-order valence-electron chi connectivity index (χ0n) is 23.4. The van der Waals surface area contributed by atoms with E-state index in [9.17, 15) is 14.7 Å². The standard InChI is InChI=1S/C30H37N7O3S/c1-22-10-13-35(14-11-22)27-19-24(28(38)32-25(29(39)40)21-41-20-23-7-3-2-4-8-23)33-30(34-27)37-17-15-36(16-18-37)26-9-5-6-12-31-26/h2-9,12,19,22,25H,10-11,13-18,20-21H2,1H3,(H,32,38)(H,39,40)/t25-/m0/s1. The molecular weight excluding hydrogens is 538 g/mol. The van der Waals surface area contributed by atoms with E-state index >= 15 is 0 Å². The molecule has 2 aliphatic heterocycles. The summed E-state index contributed by atoms with van der Waals surface area (Å²) in [7, 11) is 0. The molecule has 3 aromatic rings. The van der Waals surface area contributed by atoms with Gasteiger partial charge in [-0.05, 0) is 36.5 Å². The molecule has 4 heterocycles. The molecule has 10 nitrogen and oxygen atoms in total. The first-order valence-corrected chi connectivity index (χ1v) is 15.3. The van der Waals surface area contributed by atoms with Crippen LogP contribution in [0.4, 0.5) is 17.6 Å². The summed E-state index contributed by atoms with van der Waals surface area (Å²) in [5.41, 5.74) is 1.30. The molecule has 2 saturated heterocycles. The highest BCUT2D eigenvalue weighted by molar-refractivity contribution is 7.98. The van der Waals surface area contributed by atoms with Gasteiger partial charge in [0.25, 0.3) is 5.91 Å². The lowest BCUT2D eigenvalue weighted by Crippen LogP contribution is -2.48. The number of piperidine rings is 1. The molecule has 2 aromatic heterocycles. The monoisotopic (exact) mass is 575 g/mol. The van der Waals surface area contributed by atoms with Crippen LogP contribution in [0.5, 0.6) is 0 Å². The van der Waals surface area contributed by atoms with Gasteiger partial charge in [-0.1, -0.05) is 43.3 Å². The van der Waals surface area contributed by atoms with Gasteiger partial charge in [-0.15, -0.1) is 0 Å². The fraction of sp³-hybridized carbons (Fsp3) is 0.433. The number of nitrogens with one attached hydrogen (secondary N) is 1. The fourth-order valence-corrected chi connectivity index (χ4v) is 6.04. The number of pyridine rings is 1. The topological polar surface area (TPSA) is 115 Å². The van der Waals surface area contributed by atoms with Gasteiger partial charge in [0.15, 0.2) is 0 Å². The van der Waals surface area contributed by atoms with E-state index in [1.807, 2.05) is 48.5 Å². The van der Waals surface area contributed by atoms with Crippen molar-refractivity contribution in [1.29, 1.82) is 0 Å². The van der Waals surface area contributed by atoms with Gasteiger partial charge in [0.05, 0.1) is 0 Å². The number of aliphatic carboxylic acids is 1. The van der Waals surface area contributed by atoms with Crippen molar-refractivity contribution >= 4 is 41.2 Å². The number of hydrogen-bond donors (Lipinski definition) is 2. The number of hydrogen-bond acceptors (Lipinski definition) is 9. The molecular formula is C30H37N7O3S. The predicted octanol–water partition coefficient (Wildman–Crippen LogP) is 3.55. The average molecular weight is 576 g/mol. The van der Waals surface area contributed by atoms with Gasteiger partial charge < -0.3 is 25.1 Å². The Morgan fingerprint density at radius 2 is 1.61 bits per heavy atom. The Bertz CT molecular complexity index is 1300. The van der Waals surface area contributed by atoms with E-state index in [0.717, 1.165) is 50.4 Å². The number of carboxylic acid groups (broad SMARTS) is 1. The summed E-state index contributed by atoms with van der Waals surface area (Å²) >= 11 is 1.48. The lowest BCUT2D eigenvalue weighted by atomic mass is 9.99. The highest BCUT2D eigenvalue weighted by Crippen LogP contribution is 2.25. The third-order valence-electron chi connectivity index (χ3n) is 7.58. The van der Waals surface area contributed by atoms with Gasteiger partial charge in [-0.25, -0.2) is 14.8 Å². The summed E-state index contributed by atoms with van der Waals surface area (Å²) in [6.07, 6.45) is 3.91. The van der Waals surface area contributed by atoms with Crippen molar-refractivity contribution in [3.8, 4) is 0 Å². The molecule has 0 unspecified atom stereocenters. The first-order chi connectivity index (χ1) is 20.0. The molecule has 2 fully saturated rings. The van der Waals surface area contributed by atoms with Crippen LogP contribution in [0.2, 0.25) is 0 Å². The zero-order valence-corrected chi connectivity index (χ0v) is 24.2. The second-order valence-electron chi connectivity index (χ2n) is 10.6. The van der Waals surface area contributed by atoms with Crippen molar-refractivity contribution in [2.45, 2.75) is 31.6 Å². The Hall–Kier alpha value is -3.86. The zero-order chi connectivity index (χ0) is 28.6. The van der Waals surface area contributed by atoms with E-state index in [4.69, 9.17) is 4.98 Å². The number of amides is 1. The van der Waals surface area contributed by atoms with E-state index in [1.165, 1.54) is 11.8 Å². The molecule has 0 aliphatic carbocycles. The van der Waals surface area contributed by atoms with Gasteiger partial charge in [-0.3, -0.25) is 4.79 Å². The lowest BCUT2D eigenvalue weighted by Gasteiger charge is -2.36. The molecule has 11 heteroatoms. The average Bonchev–Trinajstić information content (AvgIpc) is 3.01. The van der Waals surface area contributed by atoms with Crippen LogP contribution >= 0.6 is 11.8 Å². The maximum atomic E-state index is 13.4. The number of carboxylic acids is 1. The molecule has 1 aromatic carbocycles. The number of benzene rings is 1. The smallest absolute Gasteiger partial charge is 0.327 e. The van der Waals surface area contributed by atoms with Crippen LogP contribution in [0.25, 0.3) is 0 Å². The van der Waals surface area contributed by atoms with Crippen molar-refractivity contribution < 1.29 is 14.7 Å². The van der Waals surface area contributed by atoms with Crippen LogP contribution in [0.3, 0.4) is 0 Å². The highest BCUT2D eigenvalue weighted by atomic mass is 32.2. The Morgan fingerprint density at radius 3 is 2.29 bits per heavy atom. The number of rotatable bonds is 10. The van der Waals surface area contributed by atoms with Crippen LogP contribution in [0.15, 0.2) is 60.8 Å². The largest absolute Gasteiger partial charge is 0.480 e. The van der Waals surface area contributed by atoms with Gasteiger partial charge in [0.2, 0.25) is 5.95 Å². The molecule has 5 rings (SSSR count). The van der Waals surface area contributed by atoms with Crippen molar-refractivity contribution in [1.82, 2.24) is 20.3 Å². The molecule has 216 valence electrons. The third kappa shape index (κ3) is 7.66. The van der Waals surface area contributed by atoms with Crippen LogP contribution in [-0.2, 0) is 10.5 Å².